The average Bonchev–Trinajstić information content (AvgIpc) is 2.78. The lowest BCUT2D eigenvalue weighted by Crippen LogP contribution is -2.37. The number of carbonyl (C=O) groups excluding carboxylic acids is 1. The highest BCUT2D eigenvalue weighted by atomic mass is 35.5. The number of nitrogens with two attached hydrogens (primary N) is 1. The quantitative estimate of drug-likeness (QED) is 0.904. The Morgan fingerprint density at radius 3 is 2.67 bits per heavy atom. The molecule has 1 fully saturated rings. The normalized spacial score (nSPS) is 21.1. The molecule has 0 spiro atoms. The van der Waals surface area contributed by atoms with Gasteiger partial charge in [-0.05, 0) is 25.7 Å². The Bertz CT molecular complexity index is 442. The molecule has 1 aliphatic carbocycles. The van der Waals surface area contributed by atoms with Crippen LogP contribution in [0.1, 0.15) is 42.7 Å². The van der Waals surface area contributed by atoms with Gasteiger partial charge in [-0.2, -0.15) is 0 Å². The van der Waals surface area contributed by atoms with Crippen LogP contribution in [-0.2, 0) is 11.3 Å². The van der Waals surface area contributed by atoms with Crippen molar-refractivity contribution in [3.05, 3.63) is 16.1 Å². The van der Waals surface area contributed by atoms with Gasteiger partial charge in [-0.15, -0.1) is 36.2 Å². The van der Waals surface area contributed by atoms with Crippen molar-refractivity contribution in [1.82, 2.24) is 9.88 Å². The van der Waals surface area contributed by atoms with E-state index in [1.165, 1.54) is 17.7 Å². The Morgan fingerprint density at radius 2 is 2.10 bits per heavy atom. The van der Waals surface area contributed by atoms with Crippen LogP contribution in [0.15, 0.2) is 5.51 Å². The molecule has 1 amide bonds. The van der Waals surface area contributed by atoms with Gasteiger partial charge in [0.05, 0.1) is 17.7 Å². The Hall–Kier alpha value is -0.360. The molecule has 0 saturated heterocycles. The van der Waals surface area contributed by atoms with Crippen LogP contribution in [0.25, 0.3) is 0 Å². The fourth-order valence-electron chi connectivity index (χ4n) is 2.65. The summed E-state index contributed by atoms with van der Waals surface area (Å²) in [6, 6.07) is 0.205. The molecule has 122 valence electrons. The molecule has 4 nitrogen and oxygen atoms in total. The molecule has 1 heterocycles. The number of thiazole rings is 1. The lowest BCUT2D eigenvalue weighted by molar-refractivity contribution is -0.131. The highest BCUT2D eigenvalue weighted by molar-refractivity contribution is 7.09. The molecule has 1 aromatic rings. The van der Waals surface area contributed by atoms with Crippen molar-refractivity contribution < 1.29 is 4.79 Å². The minimum absolute atomic E-state index is 0. The first-order valence-corrected chi connectivity index (χ1v) is 7.84. The number of halogens is 2. The zero-order valence-electron chi connectivity index (χ0n) is 12.6. The predicted octanol–water partition coefficient (Wildman–Crippen LogP) is 3.16. The monoisotopic (exact) mass is 353 g/mol. The summed E-state index contributed by atoms with van der Waals surface area (Å²) in [5.41, 5.74) is 8.97. The first-order valence-electron chi connectivity index (χ1n) is 6.96. The third-order valence-corrected chi connectivity index (χ3v) is 4.98. The SMILES string of the molecule is Cc1ncsc1CN(C)C(=O)CC1CCCCC1N.Cl.Cl. The highest BCUT2D eigenvalue weighted by Gasteiger charge is 2.25. The second-order valence-corrected chi connectivity index (χ2v) is 6.46. The van der Waals surface area contributed by atoms with Gasteiger partial charge in [-0.1, -0.05) is 12.8 Å². The zero-order valence-corrected chi connectivity index (χ0v) is 15.0. The van der Waals surface area contributed by atoms with Crippen molar-refractivity contribution in [3.8, 4) is 0 Å². The van der Waals surface area contributed by atoms with E-state index in [2.05, 4.69) is 4.98 Å². The van der Waals surface area contributed by atoms with Crippen molar-refractivity contribution in [2.75, 3.05) is 7.05 Å². The number of nitrogens with zero attached hydrogens (tertiary/aromatic N) is 2. The number of hydrogen-bond donors (Lipinski definition) is 1. The molecule has 2 unspecified atom stereocenters. The fourth-order valence-corrected chi connectivity index (χ4v) is 3.48. The molecular weight excluding hydrogens is 329 g/mol. The van der Waals surface area contributed by atoms with Gasteiger partial charge in [0.2, 0.25) is 5.91 Å². The van der Waals surface area contributed by atoms with Crippen LogP contribution >= 0.6 is 36.2 Å². The van der Waals surface area contributed by atoms with Crippen molar-refractivity contribution in [2.45, 2.75) is 51.6 Å². The number of hydrogen-bond acceptors (Lipinski definition) is 4. The topological polar surface area (TPSA) is 59.2 Å². The molecule has 2 N–H and O–H groups in total. The van der Waals surface area contributed by atoms with Crippen LogP contribution in [0, 0.1) is 12.8 Å². The fraction of sp³-hybridized carbons (Fsp3) is 0.714. The molecule has 0 aliphatic heterocycles. The van der Waals surface area contributed by atoms with E-state index >= 15 is 0 Å². The maximum absolute atomic E-state index is 12.2. The van der Waals surface area contributed by atoms with E-state index in [9.17, 15) is 4.79 Å². The maximum atomic E-state index is 12.2. The number of carbonyl (C=O) groups is 1. The number of amides is 1. The van der Waals surface area contributed by atoms with Crippen LogP contribution in [0.5, 0.6) is 0 Å². The summed E-state index contributed by atoms with van der Waals surface area (Å²) in [6.07, 6.45) is 5.18. The standard InChI is InChI=1S/C14H23N3OS.2ClH/c1-10-13(19-9-16-10)8-17(2)14(18)7-11-5-3-4-6-12(11)15;;/h9,11-12H,3-8,15H2,1-2H3;2*1H. The average molecular weight is 354 g/mol. The summed E-state index contributed by atoms with van der Waals surface area (Å²) in [5.74, 6) is 0.571. The van der Waals surface area contributed by atoms with Crippen molar-refractivity contribution in [1.29, 1.82) is 0 Å². The van der Waals surface area contributed by atoms with Crippen LogP contribution in [0.3, 0.4) is 0 Å². The predicted molar refractivity (Wildman–Crippen MR) is 92.4 cm³/mol. The molecule has 0 bridgehead atoms. The lowest BCUT2D eigenvalue weighted by Gasteiger charge is -2.29. The van der Waals surface area contributed by atoms with E-state index in [-0.39, 0.29) is 36.8 Å². The summed E-state index contributed by atoms with van der Waals surface area (Å²) in [5, 5.41) is 0. The largest absolute Gasteiger partial charge is 0.341 e. The summed E-state index contributed by atoms with van der Waals surface area (Å²) in [6.45, 7) is 2.65. The van der Waals surface area contributed by atoms with Crippen LogP contribution in [-0.4, -0.2) is 28.9 Å². The Balaban J connectivity index is 0.00000200. The van der Waals surface area contributed by atoms with Gasteiger partial charge in [0, 0.05) is 24.4 Å². The van der Waals surface area contributed by atoms with Gasteiger partial charge in [0.25, 0.3) is 0 Å². The molecular formula is C14H25Cl2N3OS. The summed E-state index contributed by atoms with van der Waals surface area (Å²) in [7, 11) is 1.87. The Labute approximate surface area is 143 Å². The minimum atomic E-state index is 0. The molecule has 21 heavy (non-hydrogen) atoms. The van der Waals surface area contributed by atoms with Crippen LogP contribution in [0.4, 0.5) is 0 Å². The van der Waals surface area contributed by atoms with Gasteiger partial charge in [-0.3, -0.25) is 4.79 Å². The summed E-state index contributed by atoms with van der Waals surface area (Å²) < 4.78 is 0. The molecule has 2 rings (SSSR count). The van der Waals surface area contributed by atoms with Gasteiger partial charge >= 0.3 is 0 Å². The van der Waals surface area contributed by atoms with E-state index in [4.69, 9.17) is 5.73 Å². The summed E-state index contributed by atoms with van der Waals surface area (Å²) in [4.78, 5) is 19.4. The number of rotatable bonds is 4. The van der Waals surface area contributed by atoms with Crippen LogP contribution in [0.2, 0.25) is 0 Å². The van der Waals surface area contributed by atoms with Crippen molar-refractivity contribution >= 4 is 42.1 Å². The third kappa shape index (κ3) is 5.74. The van der Waals surface area contributed by atoms with E-state index in [0.29, 0.717) is 18.9 Å². The first kappa shape index (κ1) is 20.6. The minimum Gasteiger partial charge on any atom is -0.341 e. The molecule has 2 atom stereocenters. The second kappa shape index (κ2) is 9.62. The van der Waals surface area contributed by atoms with Crippen molar-refractivity contribution in [3.63, 3.8) is 0 Å². The maximum Gasteiger partial charge on any atom is 0.222 e. The van der Waals surface area contributed by atoms with Gasteiger partial charge in [0.15, 0.2) is 0 Å². The van der Waals surface area contributed by atoms with E-state index in [1.54, 1.807) is 11.3 Å². The molecule has 7 heteroatoms. The van der Waals surface area contributed by atoms with E-state index in [0.717, 1.165) is 18.5 Å². The van der Waals surface area contributed by atoms with E-state index < -0.39 is 0 Å². The molecule has 0 radical (unpaired) electrons. The molecule has 1 aromatic heterocycles. The lowest BCUT2D eigenvalue weighted by atomic mass is 9.83. The smallest absolute Gasteiger partial charge is 0.222 e. The first-order chi connectivity index (χ1) is 9.08. The van der Waals surface area contributed by atoms with Gasteiger partial charge < -0.3 is 10.6 Å². The van der Waals surface area contributed by atoms with Crippen molar-refractivity contribution in [2.24, 2.45) is 11.7 Å². The van der Waals surface area contributed by atoms with E-state index in [1.807, 2.05) is 24.4 Å². The third-order valence-electron chi connectivity index (χ3n) is 4.06. The van der Waals surface area contributed by atoms with Crippen LogP contribution < -0.4 is 5.73 Å². The van der Waals surface area contributed by atoms with Gasteiger partial charge in [-0.25, -0.2) is 4.98 Å². The number of aryl methyl sites for hydroxylation is 1. The summed E-state index contributed by atoms with van der Waals surface area (Å²) >= 11 is 1.61. The molecule has 1 aliphatic rings. The Morgan fingerprint density at radius 1 is 1.43 bits per heavy atom. The Kier molecular flexibility index (Phi) is 9.45. The zero-order chi connectivity index (χ0) is 13.8. The second-order valence-electron chi connectivity index (χ2n) is 5.52. The number of aromatic nitrogens is 1. The highest BCUT2D eigenvalue weighted by Crippen LogP contribution is 2.26. The molecule has 1 saturated carbocycles. The van der Waals surface area contributed by atoms with Gasteiger partial charge in [0.1, 0.15) is 0 Å². The molecule has 0 aromatic carbocycles.